The summed E-state index contributed by atoms with van der Waals surface area (Å²) in [5.41, 5.74) is 1.06. The first-order valence-corrected chi connectivity index (χ1v) is 8.95. The van der Waals surface area contributed by atoms with Gasteiger partial charge in [-0.3, -0.25) is 0 Å². The Labute approximate surface area is 159 Å². The molecule has 0 unspecified atom stereocenters. The fraction of sp³-hybridized carbons (Fsp3) is 0.300. The summed E-state index contributed by atoms with van der Waals surface area (Å²) < 4.78 is 17.4. The lowest BCUT2D eigenvalue weighted by Gasteiger charge is -2.13. The van der Waals surface area contributed by atoms with E-state index in [-0.39, 0.29) is 10.6 Å². The van der Waals surface area contributed by atoms with Gasteiger partial charge in [-0.05, 0) is 74.4 Å². The van der Waals surface area contributed by atoms with Crippen molar-refractivity contribution in [1.29, 1.82) is 0 Å². The third-order valence-corrected chi connectivity index (χ3v) is 3.63. The number of halogens is 2. The Morgan fingerprint density at radius 1 is 1.00 bits per heavy atom. The van der Waals surface area contributed by atoms with Crippen molar-refractivity contribution in [3.63, 3.8) is 0 Å². The van der Waals surface area contributed by atoms with E-state index in [0.29, 0.717) is 6.61 Å². The van der Waals surface area contributed by atoms with Crippen LogP contribution in [0.5, 0.6) is 23.0 Å². The largest absolute Gasteiger partial charge is 0.491 e. The summed E-state index contributed by atoms with van der Waals surface area (Å²) >= 11 is 11.1. The van der Waals surface area contributed by atoms with Gasteiger partial charge in [-0.15, -0.1) is 0 Å². The van der Waals surface area contributed by atoms with Gasteiger partial charge in [0.2, 0.25) is 0 Å². The summed E-state index contributed by atoms with van der Waals surface area (Å²) in [6.07, 6.45) is 2.57. The second-order valence-electron chi connectivity index (χ2n) is 5.67. The van der Waals surface area contributed by atoms with E-state index < -0.39 is 0 Å². The van der Waals surface area contributed by atoms with Gasteiger partial charge in [0.05, 0.1) is 6.10 Å². The molecule has 0 amide bonds. The predicted octanol–water partition coefficient (Wildman–Crippen LogP) is 6.53. The Morgan fingerprint density at radius 3 is 2.24 bits per heavy atom. The summed E-state index contributed by atoms with van der Waals surface area (Å²) in [5, 5.41) is 0. The van der Waals surface area contributed by atoms with Crippen LogP contribution in [0.25, 0.3) is 0 Å². The molecule has 0 bridgehead atoms. The Bertz CT molecular complexity index is 705. The molecular weight excluding hydrogens is 359 g/mol. The van der Waals surface area contributed by atoms with E-state index in [4.69, 9.17) is 37.4 Å². The Morgan fingerprint density at radius 2 is 1.64 bits per heavy atom. The second-order valence-corrected chi connectivity index (χ2v) is 6.68. The first kappa shape index (κ1) is 19.5. The average molecular weight is 381 g/mol. The summed E-state index contributed by atoms with van der Waals surface area (Å²) in [4.78, 5) is 0. The maximum absolute atomic E-state index is 5.99. The van der Waals surface area contributed by atoms with Crippen molar-refractivity contribution in [2.75, 3.05) is 6.61 Å². The van der Waals surface area contributed by atoms with Crippen LogP contribution in [0.3, 0.4) is 0 Å². The minimum atomic E-state index is 0.148. The van der Waals surface area contributed by atoms with Crippen LogP contribution < -0.4 is 14.2 Å². The van der Waals surface area contributed by atoms with Crippen LogP contribution in [-0.2, 0) is 6.42 Å². The van der Waals surface area contributed by atoms with Crippen molar-refractivity contribution in [3.8, 4) is 23.0 Å². The third kappa shape index (κ3) is 6.52. The van der Waals surface area contributed by atoms with Gasteiger partial charge in [-0.2, -0.15) is 0 Å². The lowest BCUT2D eigenvalue weighted by atomic mass is 10.1. The van der Waals surface area contributed by atoms with E-state index >= 15 is 0 Å². The smallest absolute Gasteiger partial charge is 0.130 e. The van der Waals surface area contributed by atoms with Crippen LogP contribution in [0.15, 0.2) is 53.0 Å². The first-order valence-electron chi connectivity index (χ1n) is 8.19. The summed E-state index contributed by atoms with van der Waals surface area (Å²) in [7, 11) is 0. The molecule has 2 aromatic rings. The number of rotatable bonds is 8. The van der Waals surface area contributed by atoms with Crippen molar-refractivity contribution >= 4 is 23.2 Å². The van der Waals surface area contributed by atoms with E-state index in [1.54, 1.807) is 6.08 Å². The second kappa shape index (κ2) is 9.59. The zero-order valence-corrected chi connectivity index (χ0v) is 16.1. The molecule has 0 saturated carbocycles. The SMILES string of the molecule is CCc1cc(OCC=C(Cl)Cl)ccc1Oc1ccc(OC(C)C)cc1. The molecular formula is C20H22Cl2O3. The number of aryl methyl sites for hydroxylation is 1. The number of hydrogen-bond donors (Lipinski definition) is 0. The minimum absolute atomic E-state index is 0.148. The zero-order chi connectivity index (χ0) is 18.2. The molecule has 134 valence electrons. The highest BCUT2D eigenvalue weighted by molar-refractivity contribution is 6.55. The molecule has 0 aliphatic heterocycles. The molecule has 0 radical (unpaired) electrons. The highest BCUT2D eigenvalue weighted by Gasteiger charge is 2.07. The quantitative estimate of drug-likeness (QED) is 0.521. The molecule has 0 fully saturated rings. The van der Waals surface area contributed by atoms with Gasteiger partial charge in [0.25, 0.3) is 0 Å². The molecule has 0 spiro atoms. The van der Waals surface area contributed by atoms with Crippen LogP contribution in [0.4, 0.5) is 0 Å². The minimum Gasteiger partial charge on any atom is -0.491 e. The van der Waals surface area contributed by atoms with Crippen LogP contribution in [0.2, 0.25) is 0 Å². The van der Waals surface area contributed by atoms with Gasteiger partial charge < -0.3 is 14.2 Å². The average Bonchev–Trinajstić information content (AvgIpc) is 2.57. The lowest BCUT2D eigenvalue weighted by Crippen LogP contribution is -2.05. The van der Waals surface area contributed by atoms with Crippen molar-refractivity contribution in [3.05, 3.63) is 58.6 Å². The van der Waals surface area contributed by atoms with E-state index in [1.807, 2.05) is 56.3 Å². The molecule has 0 heterocycles. The van der Waals surface area contributed by atoms with Gasteiger partial charge in [0.15, 0.2) is 0 Å². The maximum Gasteiger partial charge on any atom is 0.130 e. The van der Waals surface area contributed by atoms with Crippen molar-refractivity contribution in [2.24, 2.45) is 0 Å². The van der Waals surface area contributed by atoms with Crippen molar-refractivity contribution in [1.82, 2.24) is 0 Å². The molecule has 3 nitrogen and oxygen atoms in total. The van der Waals surface area contributed by atoms with Gasteiger partial charge in [0, 0.05) is 0 Å². The number of ether oxygens (including phenoxy) is 3. The van der Waals surface area contributed by atoms with Crippen LogP contribution in [0.1, 0.15) is 26.3 Å². The van der Waals surface area contributed by atoms with Crippen LogP contribution in [0, 0.1) is 0 Å². The fourth-order valence-corrected chi connectivity index (χ4v) is 2.33. The predicted molar refractivity (Wildman–Crippen MR) is 103 cm³/mol. The fourth-order valence-electron chi connectivity index (χ4n) is 2.21. The van der Waals surface area contributed by atoms with Gasteiger partial charge in [-0.1, -0.05) is 30.1 Å². The number of hydrogen-bond acceptors (Lipinski definition) is 3. The van der Waals surface area contributed by atoms with Crippen molar-refractivity contribution < 1.29 is 14.2 Å². The van der Waals surface area contributed by atoms with Crippen LogP contribution >= 0.6 is 23.2 Å². The molecule has 0 N–H and O–H groups in total. The topological polar surface area (TPSA) is 27.7 Å². The Kier molecular flexibility index (Phi) is 7.48. The van der Waals surface area contributed by atoms with E-state index in [0.717, 1.165) is 35.0 Å². The van der Waals surface area contributed by atoms with Gasteiger partial charge >= 0.3 is 0 Å². The zero-order valence-electron chi connectivity index (χ0n) is 14.6. The van der Waals surface area contributed by atoms with Gasteiger partial charge in [0.1, 0.15) is 34.1 Å². The molecule has 25 heavy (non-hydrogen) atoms. The summed E-state index contributed by atoms with van der Waals surface area (Å²) in [6, 6.07) is 13.3. The molecule has 0 aromatic heterocycles. The maximum atomic E-state index is 5.99. The van der Waals surface area contributed by atoms with Crippen LogP contribution in [-0.4, -0.2) is 12.7 Å². The lowest BCUT2D eigenvalue weighted by molar-refractivity contribution is 0.242. The molecule has 5 heteroatoms. The van der Waals surface area contributed by atoms with E-state index in [2.05, 4.69) is 6.92 Å². The normalized spacial score (nSPS) is 10.5. The van der Waals surface area contributed by atoms with E-state index in [1.165, 1.54) is 0 Å². The molecule has 2 rings (SSSR count). The first-order chi connectivity index (χ1) is 12.0. The standard InChI is InChI=1S/C20H22Cl2O3/c1-4-15-13-18(23-12-11-20(21)22)9-10-19(15)25-17-7-5-16(6-8-17)24-14(2)3/h5-11,13-14H,4,12H2,1-3H3. The van der Waals surface area contributed by atoms with E-state index in [9.17, 15) is 0 Å². The highest BCUT2D eigenvalue weighted by atomic mass is 35.5. The summed E-state index contributed by atoms with van der Waals surface area (Å²) in [6.45, 7) is 6.39. The Balaban J connectivity index is 2.07. The van der Waals surface area contributed by atoms with Gasteiger partial charge in [-0.25, -0.2) is 0 Å². The van der Waals surface area contributed by atoms with Crippen molar-refractivity contribution in [2.45, 2.75) is 33.3 Å². The highest BCUT2D eigenvalue weighted by Crippen LogP contribution is 2.30. The molecule has 2 aromatic carbocycles. The third-order valence-electron chi connectivity index (χ3n) is 3.32. The number of benzene rings is 2. The summed E-state index contributed by atoms with van der Waals surface area (Å²) in [5.74, 6) is 3.14. The molecule has 0 atom stereocenters. The molecule has 0 saturated heterocycles. The Hall–Kier alpha value is -1.84. The molecule has 0 aliphatic carbocycles. The monoisotopic (exact) mass is 380 g/mol. The molecule has 0 aliphatic rings.